The summed E-state index contributed by atoms with van der Waals surface area (Å²) in [6.07, 6.45) is 0.783. The highest BCUT2D eigenvalue weighted by molar-refractivity contribution is 5.87. The van der Waals surface area contributed by atoms with E-state index in [4.69, 9.17) is 9.84 Å². The topological polar surface area (TPSA) is 107 Å². The fourth-order valence-electron chi connectivity index (χ4n) is 2.05. The van der Waals surface area contributed by atoms with Crippen LogP contribution in [-0.4, -0.2) is 44.7 Å². The molecule has 1 saturated carbocycles. The summed E-state index contributed by atoms with van der Waals surface area (Å²) in [5.41, 5.74) is 0.518. The first kappa shape index (κ1) is 14.4. The van der Waals surface area contributed by atoms with E-state index >= 15 is 0 Å². The van der Waals surface area contributed by atoms with Gasteiger partial charge in [0.05, 0.1) is 6.10 Å². The molecule has 1 aromatic rings. The predicted molar refractivity (Wildman–Crippen MR) is 69.9 cm³/mol. The molecule has 6 nitrogen and oxygen atoms in total. The molecule has 0 spiro atoms. The molecule has 20 heavy (non-hydrogen) atoms. The Bertz CT molecular complexity index is 524. The maximum absolute atomic E-state index is 11.6. The normalized spacial score (nSPS) is 26.0. The molecule has 3 atom stereocenters. The number of aliphatic hydroxyl groups is 2. The maximum Gasteiger partial charge on any atom is 0.331 e. The van der Waals surface area contributed by atoms with Gasteiger partial charge in [0.25, 0.3) is 0 Å². The van der Waals surface area contributed by atoms with Crippen molar-refractivity contribution in [2.24, 2.45) is 0 Å². The first-order chi connectivity index (χ1) is 9.47. The van der Waals surface area contributed by atoms with Crippen molar-refractivity contribution in [2.45, 2.75) is 31.2 Å². The standard InChI is InChI=1S/C14H16O6/c15-9-3-1-8(7-11(9)17)2-6-13(18)20-12-5-4-10(16)14(12)19/h1-3,6-7,10,12,14-17,19H,4-5H2/b6-2+/t10-,12+,14-/m1/s1. The summed E-state index contributed by atoms with van der Waals surface area (Å²) >= 11 is 0. The molecule has 0 bridgehead atoms. The lowest BCUT2D eigenvalue weighted by Crippen LogP contribution is -2.32. The molecule has 4 N–H and O–H groups in total. The van der Waals surface area contributed by atoms with Gasteiger partial charge < -0.3 is 25.2 Å². The largest absolute Gasteiger partial charge is 0.504 e. The molecular formula is C14H16O6. The Morgan fingerprint density at radius 3 is 2.55 bits per heavy atom. The van der Waals surface area contributed by atoms with E-state index < -0.39 is 24.3 Å². The van der Waals surface area contributed by atoms with Gasteiger partial charge in [-0.2, -0.15) is 0 Å². The second-order valence-electron chi connectivity index (χ2n) is 4.69. The van der Waals surface area contributed by atoms with E-state index in [0.717, 1.165) is 6.08 Å². The number of carbonyl (C=O) groups is 1. The van der Waals surface area contributed by atoms with Crippen molar-refractivity contribution < 1.29 is 30.0 Å². The van der Waals surface area contributed by atoms with Crippen LogP contribution in [0.2, 0.25) is 0 Å². The highest BCUT2D eigenvalue weighted by Crippen LogP contribution is 2.26. The third-order valence-electron chi connectivity index (χ3n) is 3.20. The van der Waals surface area contributed by atoms with Gasteiger partial charge in [-0.05, 0) is 36.6 Å². The average molecular weight is 280 g/mol. The summed E-state index contributed by atoms with van der Waals surface area (Å²) in [6.45, 7) is 0. The number of rotatable bonds is 3. The molecule has 0 aromatic heterocycles. The van der Waals surface area contributed by atoms with Crippen LogP contribution in [0.3, 0.4) is 0 Å². The molecular weight excluding hydrogens is 264 g/mol. The third kappa shape index (κ3) is 3.28. The van der Waals surface area contributed by atoms with Gasteiger partial charge in [-0.25, -0.2) is 4.79 Å². The molecule has 0 radical (unpaired) electrons. The molecule has 1 aliphatic rings. The zero-order chi connectivity index (χ0) is 14.7. The Balaban J connectivity index is 1.94. The molecule has 6 heteroatoms. The van der Waals surface area contributed by atoms with Gasteiger partial charge in [0.1, 0.15) is 12.2 Å². The lowest BCUT2D eigenvalue weighted by molar-refractivity contribution is -0.148. The summed E-state index contributed by atoms with van der Waals surface area (Å²) in [4.78, 5) is 11.6. The van der Waals surface area contributed by atoms with Crippen LogP contribution in [0.5, 0.6) is 11.5 Å². The Labute approximate surface area is 115 Å². The minimum atomic E-state index is -1.05. The lowest BCUT2D eigenvalue weighted by atomic mass is 10.2. The van der Waals surface area contributed by atoms with Gasteiger partial charge in [-0.15, -0.1) is 0 Å². The zero-order valence-electron chi connectivity index (χ0n) is 10.6. The van der Waals surface area contributed by atoms with Gasteiger partial charge in [-0.3, -0.25) is 0 Å². The van der Waals surface area contributed by atoms with Crippen LogP contribution in [0.15, 0.2) is 24.3 Å². The number of hydrogen-bond acceptors (Lipinski definition) is 6. The number of ether oxygens (including phenoxy) is 1. The minimum absolute atomic E-state index is 0.243. The molecule has 108 valence electrons. The van der Waals surface area contributed by atoms with E-state index in [-0.39, 0.29) is 11.5 Å². The van der Waals surface area contributed by atoms with Crippen molar-refractivity contribution in [2.75, 3.05) is 0 Å². The second-order valence-corrected chi connectivity index (χ2v) is 4.69. The van der Waals surface area contributed by atoms with Crippen molar-refractivity contribution in [1.29, 1.82) is 0 Å². The van der Waals surface area contributed by atoms with Crippen LogP contribution in [0.25, 0.3) is 6.08 Å². The van der Waals surface area contributed by atoms with E-state index in [2.05, 4.69) is 0 Å². The molecule has 0 aliphatic heterocycles. The number of esters is 1. The summed E-state index contributed by atoms with van der Waals surface area (Å²) in [6, 6.07) is 4.12. The van der Waals surface area contributed by atoms with Gasteiger partial charge in [0, 0.05) is 6.08 Å². The van der Waals surface area contributed by atoms with Crippen LogP contribution < -0.4 is 0 Å². The highest BCUT2D eigenvalue weighted by Gasteiger charge is 2.35. The maximum atomic E-state index is 11.6. The van der Waals surface area contributed by atoms with Gasteiger partial charge in [0.15, 0.2) is 11.5 Å². The van der Waals surface area contributed by atoms with Crippen molar-refractivity contribution >= 4 is 12.0 Å². The zero-order valence-corrected chi connectivity index (χ0v) is 10.6. The van der Waals surface area contributed by atoms with Crippen molar-refractivity contribution in [3.63, 3.8) is 0 Å². The summed E-state index contributed by atoms with van der Waals surface area (Å²) in [7, 11) is 0. The number of aliphatic hydroxyl groups excluding tert-OH is 2. The summed E-state index contributed by atoms with van der Waals surface area (Å²) in [5.74, 6) is -1.17. The van der Waals surface area contributed by atoms with Crippen LogP contribution >= 0.6 is 0 Å². The fourth-order valence-corrected chi connectivity index (χ4v) is 2.05. The van der Waals surface area contributed by atoms with Crippen LogP contribution in [0, 0.1) is 0 Å². The van der Waals surface area contributed by atoms with Crippen molar-refractivity contribution in [3.8, 4) is 11.5 Å². The molecule has 0 amide bonds. The van der Waals surface area contributed by atoms with E-state index in [1.165, 1.54) is 24.3 Å². The van der Waals surface area contributed by atoms with E-state index in [1.807, 2.05) is 0 Å². The van der Waals surface area contributed by atoms with Gasteiger partial charge in [0.2, 0.25) is 0 Å². The number of carbonyl (C=O) groups excluding carboxylic acids is 1. The first-order valence-corrected chi connectivity index (χ1v) is 6.24. The highest BCUT2D eigenvalue weighted by atomic mass is 16.6. The molecule has 1 fully saturated rings. The number of phenolic OH excluding ortho intramolecular Hbond substituents is 2. The van der Waals surface area contributed by atoms with Gasteiger partial charge >= 0.3 is 5.97 Å². The first-order valence-electron chi connectivity index (χ1n) is 6.24. The quantitative estimate of drug-likeness (QED) is 0.366. The Morgan fingerprint density at radius 1 is 1.20 bits per heavy atom. The fraction of sp³-hybridized carbons (Fsp3) is 0.357. The molecule has 1 aliphatic carbocycles. The lowest BCUT2D eigenvalue weighted by Gasteiger charge is -2.15. The average Bonchev–Trinajstić information content (AvgIpc) is 2.72. The summed E-state index contributed by atoms with van der Waals surface area (Å²) < 4.78 is 5.02. The van der Waals surface area contributed by atoms with Crippen LogP contribution in [0.4, 0.5) is 0 Å². The predicted octanol–water partition coefficient (Wildman–Crippen LogP) is 0.538. The molecule has 0 unspecified atom stereocenters. The third-order valence-corrected chi connectivity index (χ3v) is 3.20. The Kier molecular flexibility index (Phi) is 4.26. The van der Waals surface area contributed by atoms with Crippen molar-refractivity contribution in [1.82, 2.24) is 0 Å². The van der Waals surface area contributed by atoms with Gasteiger partial charge in [-0.1, -0.05) is 6.07 Å². The van der Waals surface area contributed by atoms with E-state index in [1.54, 1.807) is 0 Å². The van der Waals surface area contributed by atoms with Crippen molar-refractivity contribution in [3.05, 3.63) is 29.8 Å². The monoisotopic (exact) mass is 280 g/mol. The second kappa shape index (κ2) is 5.94. The Morgan fingerprint density at radius 2 is 1.95 bits per heavy atom. The van der Waals surface area contributed by atoms with Crippen LogP contribution in [0.1, 0.15) is 18.4 Å². The minimum Gasteiger partial charge on any atom is -0.504 e. The number of benzene rings is 1. The SMILES string of the molecule is O=C(/C=C/c1ccc(O)c(O)c1)O[C@H]1CC[C@@H](O)[C@H]1O. The molecule has 2 rings (SSSR count). The summed E-state index contributed by atoms with van der Waals surface area (Å²) in [5, 5.41) is 37.3. The smallest absolute Gasteiger partial charge is 0.331 e. The molecule has 0 saturated heterocycles. The number of phenols is 2. The Hall–Kier alpha value is -2.05. The number of hydrogen-bond donors (Lipinski definition) is 4. The van der Waals surface area contributed by atoms with E-state index in [0.29, 0.717) is 18.4 Å². The number of aromatic hydroxyl groups is 2. The van der Waals surface area contributed by atoms with E-state index in [9.17, 15) is 20.1 Å². The molecule has 1 aromatic carbocycles. The van der Waals surface area contributed by atoms with Crippen LogP contribution in [-0.2, 0) is 9.53 Å². The molecule has 0 heterocycles.